The highest BCUT2D eigenvalue weighted by Gasteiger charge is 1.98. The third-order valence-electron chi connectivity index (χ3n) is 0.402. The van der Waals surface area contributed by atoms with Gasteiger partial charge in [-0.25, -0.2) is 0 Å². The van der Waals surface area contributed by atoms with Crippen molar-refractivity contribution in [3.05, 3.63) is 9.09 Å². The predicted octanol–water partition coefficient (Wildman–Crippen LogP) is 2.28. The van der Waals surface area contributed by atoms with Crippen molar-refractivity contribution < 1.29 is 0 Å². The summed E-state index contributed by atoms with van der Waals surface area (Å²) in [5, 5.41) is 6.93. The van der Waals surface area contributed by atoms with Crippen molar-refractivity contribution in [1.29, 1.82) is 5.41 Å². The Kier molecular flexibility index (Phi) is 3.93. The van der Waals surface area contributed by atoms with Gasteiger partial charge in [0.05, 0.1) is 9.09 Å². The molecule has 0 aromatic heterocycles. The van der Waals surface area contributed by atoms with Gasteiger partial charge in [-0.2, -0.15) is 0 Å². The van der Waals surface area contributed by atoms with Crippen LogP contribution in [0.3, 0.4) is 0 Å². The first-order valence-electron chi connectivity index (χ1n) is 1.61. The number of nitrogens with one attached hydrogen (secondary N) is 1. The topological polar surface area (TPSA) is 49.9 Å². The lowest BCUT2D eigenvalue weighted by Crippen LogP contribution is -1.93. The van der Waals surface area contributed by atoms with Gasteiger partial charge in [0.2, 0.25) is 0 Å². The molecule has 0 amide bonds. The van der Waals surface area contributed by atoms with Crippen LogP contribution in [0.5, 0.6) is 0 Å². The van der Waals surface area contributed by atoms with Gasteiger partial charge in [-0.1, -0.05) is 0 Å². The van der Waals surface area contributed by atoms with Crippen LogP contribution in [0.15, 0.2) is 9.09 Å². The van der Waals surface area contributed by atoms with E-state index in [1.54, 1.807) is 0 Å². The van der Waals surface area contributed by atoms with Gasteiger partial charge in [-0.05, 0) is 47.8 Å². The maximum absolute atomic E-state index is 6.93. The van der Waals surface area contributed by atoms with Crippen LogP contribution in [0.2, 0.25) is 0 Å². The summed E-state index contributed by atoms with van der Waals surface area (Å²) >= 11 is 8.93. The van der Waals surface area contributed by atoms with Crippen LogP contribution in [-0.2, 0) is 0 Å². The molecular weight excluding hydrogens is 304 g/mol. The molecular formula is C3H3Br3N2. The summed E-state index contributed by atoms with van der Waals surface area (Å²) in [6.07, 6.45) is 0. The molecule has 0 aromatic carbocycles. The van der Waals surface area contributed by atoms with Gasteiger partial charge in [0.1, 0.15) is 4.62 Å². The summed E-state index contributed by atoms with van der Waals surface area (Å²) in [7, 11) is 0. The Balaban J connectivity index is 4.23. The van der Waals surface area contributed by atoms with Gasteiger partial charge in [0.15, 0.2) is 0 Å². The highest BCUT2D eigenvalue weighted by atomic mass is 79.9. The van der Waals surface area contributed by atoms with E-state index in [-0.39, 0.29) is 4.62 Å². The second kappa shape index (κ2) is 3.63. The van der Waals surface area contributed by atoms with Crippen molar-refractivity contribution in [1.82, 2.24) is 0 Å². The molecule has 0 atom stereocenters. The Morgan fingerprint density at radius 3 is 1.62 bits per heavy atom. The minimum Gasteiger partial charge on any atom is -0.392 e. The number of rotatable bonds is 1. The SMILES string of the molecule is N=C(Br)/C(Br)=C(\N)Br. The Bertz CT molecular complexity index is 135. The standard InChI is InChI=1S/C3H3Br3N2/c4-1(2(5)7)3(6)8/h7H,8H2/b3-1+,7-2?. The molecule has 0 heterocycles. The quantitative estimate of drug-likeness (QED) is 0.567. The second-order valence-corrected chi connectivity index (χ2v) is 3.42. The molecule has 0 aliphatic heterocycles. The van der Waals surface area contributed by atoms with E-state index >= 15 is 0 Å². The lowest BCUT2D eigenvalue weighted by atomic mass is 10.7. The van der Waals surface area contributed by atoms with Gasteiger partial charge in [-0.3, -0.25) is 5.41 Å². The Morgan fingerprint density at radius 2 is 1.62 bits per heavy atom. The number of nitrogens with two attached hydrogens (primary N) is 1. The fraction of sp³-hybridized carbons (Fsp3) is 0. The Hall–Kier alpha value is 0.650. The molecule has 0 aliphatic rings. The molecule has 46 valence electrons. The van der Waals surface area contributed by atoms with Crippen LogP contribution in [0.4, 0.5) is 0 Å². The number of allylic oxidation sites excluding steroid dienone is 1. The molecule has 0 unspecified atom stereocenters. The van der Waals surface area contributed by atoms with Crippen LogP contribution in [0, 0.1) is 5.41 Å². The van der Waals surface area contributed by atoms with E-state index < -0.39 is 0 Å². The van der Waals surface area contributed by atoms with E-state index in [0.717, 1.165) is 0 Å². The zero-order valence-electron chi connectivity index (χ0n) is 3.71. The first kappa shape index (κ1) is 8.65. The summed E-state index contributed by atoms with van der Waals surface area (Å²) in [4.78, 5) is 0. The molecule has 0 aliphatic carbocycles. The second-order valence-electron chi connectivity index (χ2n) is 0.976. The molecule has 0 fully saturated rings. The summed E-state index contributed by atoms with van der Waals surface area (Å²) in [5.74, 6) is 0. The largest absolute Gasteiger partial charge is 0.392 e. The van der Waals surface area contributed by atoms with Crippen LogP contribution < -0.4 is 5.73 Å². The molecule has 0 rings (SSSR count). The molecule has 0 saturated heterocycles. The molecule has 0 spiro atoms. The minimum atomic E-state index is 0.229. The highest BCUT2D eigenvalue weighted by Crippen LogP contribution is 2.16. The van der Waals surface area contributed by atoms with E-state index in [2.05, 4.69) is 47.8 Å². The van der Waals surface area contributed by atoms with Gasteiger partial charge < -0.3 is 5.73 Å². The zero-order chi connectivity index (χ0) is 6.73. The van der Waals surface area contributed by atoms with E-state index in [9.17, 15) is 0 Å². The lowest BCUT2D eigenvalue weighted by Gasteiger charge is -1.91. The smallest absolute Gasteiger partial charge is 0.114 e. The molecule has 2 nitrogen and oxygen atoms in total. The molecule has 5 heteroatoms. The number of hydrogen-bond donors (Lipinski definition) is 2. The van der Waals surface area contributed by atoms with Crippen molar-refractivity contribution in [2.45, 2.75) is 0 Å². The average molecular weight is 307 g/mol. The van der Waals surface area contributed by atoms with Crippen LogP contribution in [0.25, 0.3) is 0 Å². The average Bonchev–Trinajstić information content (AvgIpc) is 1.64. The third-order valence-corrected chi connectivity index (χ3v) is 3.08. The molecule has 8 heavy (non-hydrogen) atoms. The van der Waals surface area contributed by atoms with Gasteiger partial charge >= 0.3 is 0 Å². The monoisotopic (exact) mass is 304 g/mol. The predicted molar refractivity (Wildman–Crippen MR) is 45.7 cm³/mol. The summed E-state index contributed by atoms with van der Waals surface area (Å²) in [6.45, 7) is 0. The normalized spacial score (nSPS) is 12.9. The van der Waals surface area contributed by atoms with Crippen LogP contribution >= 0.6 is 47.8 Å². The Morgan fingerprint density at radius 1 is 1.25 bits per heavy atom. The number of hydrogen-bond acceptors (Lipinski definition) is 2. The molecule has 0 radical (unpaired) electrons. The van der Waals surface area contributed by atoms with Crippen molar-refractivity contribution in [2.24, 2.45) is 5.73 Å². The van der Waals surface area contributed by atoms with Crippen molar-refractivity contribution in [3.63, 3.8) is 0 Å². The van der Waals surface area contributed by atoms with Crippen LogP contribution in [-0.4, -0.2) is 4.62 Å². The molecule has 0 saturated carbocycles. The lowest BCUT2D eigenvalue weighted by molar-refractivity contribution is 1.53. The third kappa shape index (κ3) is 2.84. The van der Waals surface area contributed by atoms with E-state index in [4.69, 9.17) is 11.1 Å². The fourth-order valence-corrected chi connectivity index (χ4v) is 0.783. The van der Waals surface area contributed by atoms with Crippen molar-refractivity contribution in [2.75, 3.05) is 0 Å². The summed E-state index contributed by atoms with van der Waals surface area (Å²) in [6, 6.07) is 0. The minimum absolute atomic E-state index is 0.229. The zero-order valence-corrected chi connectivity index (χ0v) is 8.47. The van der Waals surface area contributed by atoms with E-state index in [1.807, 2.05) is 0 Å². The molecule has 3 N–H and O–H groups in total. The molecule has 0 bridgehead atoms. The van der Waals surface area contributed by atoms with E-state index in [0.29, 0.717) is 9.09 Å². The van der Waals surface area contributed by atoms with E-state index in [1.165, 1.54) is 0 Å². The van der Waals surface area contributed by atoms with Crippen molar-refractivity contribution >= 4 is 52.4 Å². The fourth-order valence-electron chi connectivity index (χ4n) is 0.105. The van der Waals surface area contributed by atoms with Gasteiger partial charge in [0.25, 0.3) is 0 Å². The Labute approximate surface area is 72.4 Å². The number of halogens is 3. The highest BCUT2D eigenvalue weighted by molar-refractivity contribution is 9.21. The summed E-state index contributed by atoms with van der Waals surface area (Å²) in [5.41, 5.74) is 5.22. The van der Waals surface area contributed by atoms with Gasteiger partial charge in [0, 0.05) is 0 Å². The van der Waals surface area contributed by atoms with Gasteiger partial charge in [-0.15, -0.1) is 0 Å². The van der Waals surface area contributed by atoms with Crippen molar-refractivity contribution in [3.8, 4) is 0 Å². The molecule has 0 aromatic rings. The van der Waals surface area contributed by atoms with Crippen LogP contribution in [0.1, 0.15) is 0 Å². The first-order chi connectivity index (χ1) is 3.55. The maximum atomic E-state index is 6.93. The maximum Gasteiger partial charge on any atom is 0.114 e. The summed E-state index contributed by atoms with van der Waals surface area (Å²) < 4.78 is 1.17. The first-order valence-corrected chi connectivity index (χ1v) is 3.98.